The average Bonchev–Trinajstić information content (AvgIpc) is 2.70. The summed E-state index contributed by atoms with van der Waals surface area (Å²) in [5, 5.41) is 35.5. The maximum Gasteiger partial charge on any atom is 0.326 e. The van der Waals surface area contributed by atoms with Gasteiger partial charge in [-0.05, 0) is 26.3 Å². The number of hydrogen-bond acceptors (Lipinski definition) is 8. The van der Waals surface area contributed by atoms with E-state index in [2.05, 4.69) is 16.0 Å². The van der Waals surface area contributed by atoms with Gasteiger partial charge in [0.2, 0.25) is 5.91 Å². The molecule has 1 aromatic carbocycles. The van der Waals surface area contributed by atoms with Crippen LogP contribution >= 0.6 is 0 Å². The molecule has 2 rings (SSSR count). The van der Waals surface area contributed by atoms with E-state index < -0.39 is 58.7 Å². The Labute approximate surface area is 180 Å². The lowest BCUT2D eigenvalue weighted by atomic mass is 10.0. The van der Waals surface area contributed by atoms with Gasteiger partial charge in [0.05, 0.1) is 16.7 Å². The van der Waals surface area contributed by atoms with Gasteiger partial charge in [-0.3, -0.25) is 29.3 Å². The molecule has 1 aromatic rings. The van der Waals surface area contributed by atoms with E-state index in [4.69, 9.17) is 14.9 Å². The van der Waals surface area contributed by atoms with E-state index in [0.717, 1.165) is 19.1 Å². The minimum Gasteiger partial charge on any atom is -0.481 e. The van der Waals surface area contributed by atoms with Crippen LogP contribution in [0.5, 0.6) is 5.75 Å². The van der Waals surface area contributed by atoms with E-state index in [0.29, 0.717) is 0 Å². The average molecular weight is 452 g/mol. The van der Waals surface area contributed by atoms with Crippen LogP contribution in [-0.4, -0.2) is 62.5 Å². The van der Waals surface area contributed by atoms with Gasteiger partial charge in [-0.15, -0.1) is 0 Å². The molecule has 32 heavy (non-hydrogen) atoms. The van der Waals surface area contributed by atoms with Gasteiger partial charge in [0.15, 0.2) is 5.75 Å². The van der Waals surface area contributed by atoms with Gasteiger partial charge in [-0.25, -0.2) is 4.79 Å². The molecule has 0 bridgehead atoms. The number of carbonyl (C=O) groups is 5. The highest BCUT2D eigenvalue weighted by Gasteiger charge is 2.48. The second-order valence-electron chi connectivity index (χ2n) is 7.05. The number of nitro groups is 1. The van der Waals surface area contributed by atoms with Crippen molar-refractivity contribution >= 4 is 41.0 Å². The molecule has 0 aromatic heterocycles. The van der Waals surface area contributed by atoms with Crippen molar-refractivity contribution in [2.75, 3.05) is 5.32 Å². The topological polar surface area (TPSA) is 214 Å². The number of anilines is 1. The van der Waals surface area contributed by atoms with Gasteiger partial charge in [0.1, 0.15) is 12.1 Å². The van der Waals surface area contributed by atoms with Crippen LogP contribution in [0, 0.1) is 10.1 Å². The summed E-state index contributed by atoms with van der Waals surface area (Å²) < 4.78 is 5.43. The number of carboxylic acids is 2. The highest BCUT2D eigenvalue weighted by molar-refractivity contribution is 6.16. The van der Waals surface area contributed by atoms with Gasteiger partial charge in [-0.2, -0.15) is 0 Å². The number of carboxylic acid groups (broad SMARTS) is 2. The van der Waals surface area contributed by atoms with E-state index in [1.54, 1.807) is 0 Å². The minimum absolute atomic E-state index is 0.111. The fourth-order valence-corrected chi connectivity index (χ4v) is 2.69. The summed E-state index contributed by atoms with van der Waals surface area (Å²) in [6.45, 7) is 2.31. The predicted molar refractivity (Wildman–Crippen MR) is 105 cm³/mol. The van der Waals surface area contributed by atoms with E-state index in [1.165, 1.54) is 13.0 Å². The fraction of sp³-hybridized carbons (Fsp3) is 0.389. The normalized spacial score (nSPS) is 18.8. The lowest BCUT2D eigenvalue weighted by Gasteiger charge is -2.33. The number of ether oxygens (including phenoxy) is 1. The van der Waals surface area contributed by atoms with Gasteiger partial charge < -0.3 is 30.9 Å². The first-order valence-corrected chi connectivity index (χ1v) is 9.20. The third kappa shape index (κ3) is 5.27. The van der Waals surface area contributed by atoms with Crippen LogP contribution in [0.15, 0.2) is 18.2 Å². The summed E-state index contributed by atoms with van der Waals surface area (Å²) in [4.78, 5) is 69.5. The maximum atomic E-state index is 12.7. The summed E-state index contributed by atoms with van der Waals surface area (Å²) in [6.07, 6.45) is -0.883. The lowest BCUT2D eigenvalue weighted by molar-refractivity contribution is -0.385. The first kappa shape index (κ1) is 24.0. The molecule has 0 saturated heterocycles. The molecule has 0 spiro atoms. The first-order chi connectivity index (χ1) is 14.8. The molecule has 5 N–H and O–H groups in total. The van der Waals surface area contributed by atoms with Crippen LogP contribution in [0.25, 0.3) is 0 Å². The standard InChI is InChI=1S/C18H20N4O10/c1-8(14(25)20-11(15(26)27)5-6-13(23)24)19-16(28)18(2)17(29)21-10-4-3-9(22(30)31)7-12(10)32-18/h3-4,7-8,11H,5-6H2,1-2H3,(H,19,28)(H,20,25)(H,21,29)(H,23,24)(H,26,27)/t8-,11+,18?/m0/s1. The third-order valence-corrected chi connectivity index (χ3v) is 4.61. The fourth-order valence-electron chi connectivity index (χ4n) is 2.69. The van der Waals surface area contributed by atoms with Crippen molar-refractivity contribution in [3.05, 3.63) is 28.3 Å². The Morgan fingerprint density at radius 2 is 1.91 bits per heavy atom. The summed E-state index contributed by atoms with van der Waals surface area (Å²) >= 11 is 0. The first-order valence-electron chi connectivity index (χ1n) is 9.20. The highest BCUT2D eigenvalue weighted by Crippen LogP contribution is 2.36. The van der Waals surface area contributed by atoms with Gasteiger partial charge in [0, 0.05) is 12.5 Å². The van der Waals surface area contributed by atoms with E-state index in [-0.39, 0.29) is 23.5 Å². The number of carbonyl (C=O) groups excluding carboxylic acids is 3. The predicted octanol–water partition coefficient (Wildman–Crippen LogP) is -0.377. The van der Waals surface area contributed by atoms with E-state index >= 15 is 0 Å². The number of rotatable bonds is 9. The van der Waals surface area contributed by atoms with Crippen LogP contribution in [-0.2, 0) is 24.0 Å². The second-order valence-corrected chi connectivity index (χ2v) is 7.05. The summed E-state index contributed by atoms with van der Waals surface area (Å²) in [6, 6.07) is 0.573. The summed E-state index contributed by atoms with van der Waals surface area (Å²) in [5.74, 6) is -5.74. The molecule has 0 radical (unpaired) electrons. The molecule has 0 saturated carbocycles. The molecule has 1 aliphatic rings. The SMILES string of the molecule is C[C@H](NC(=O)C1(C)Oc2cc([N+](=O)[O-])ccc2NC1=O)C(=O)N[C@H](CCC(=O)O)C(=O)O. The molecule has 0 fully saturated rings. The van der Waals surface area contributed by atoms with Crippen molar-refractivity contribution in [3.8, 4) is 5.75 Å². The Morgan fingerprint density at radius 3 is 2.47 bits per heavy atom. The maximum absolute atomic E-state index is 12.7. The summed E-state index contributed by atoms with van der Waals surface area (Å²) in [5.41, 5.74) is -2.41. The van der Waals surface area contributed by atoms with Gasteiger partial charge in [-0.1, -0.05) is 0 Å². The van der Waals surface area contributed by atoms with Crippen LogP contribution < -0.4 is 20.7 Å². The minimum atomic E-state index is -2.19. The lowest BCUT2D eigenvalue weighted by Crippen LogP contribution is -2.61. The number of nitrogens with one attached hydrogen (secondary N) is 3. The molecular weight excluding hydrogens is 432 g/mol. The molecule has 0 aliphatic carbocycles. The Hall–Kier alpha value is -4.23. The Morgan fingerprint density at radius 1 is 1.25 bits per heavy atom. The number of nitro benzene ring substituents is 1. The number of benzene rings is 1. The van der Waals surface area contributed by atoms with Crippen molar-refractivity contribution in [2.45, 2.75) is 44.4 Å². The third-order valence-electron chi connectivity index (χ3n) is 4.61. The Balaban J connectivity index is 2.11. The summed E-state index contributed by atoms with van der Waals surface area (Å²) in [7, 11) is 0. The molecule has 14 nitrogen and oxygen atoms in total. The van der Waals surface area contributed by atoms with Crippen LogP contribution in [0.4, 0.5) is 11.4 Å². The highest BCUT2D eigenvalue weighted by atomic mass is 16.6. The molecular formula is C18H20N4O10. The number of fused-ring (bicyclic) bond motifs is 1. The van der Waals surface area contributed by atoms with Crippen molar-refractivity contribution in [1.29, 1.82) is 0 Å². The molecule has 3 amide bonds. The van der Waals surface area contributed by atoms with Crippen molar-refractivity contribution in [2.24, 2.45) is 0 Å². The number of amides is 3. The molecule has 172 valence electrons. The van der Waals surface area contributed by atoms with E-state index in [9.17, 15) is 34.1 Å². The number of non-ortho nitro benzene ring substituents is 1. The zero-order valence-corrected chi connectivity index (χ0v) is 16.9. The Kier molecular flexibility index (Phi) is 6.97. The second kappa shape index (κ2) is 9.28. The monoisotopic (exact) mass is 452 g/mol. The zero-order valence-electron chi connectivity index (χ0n) is 16.9. The van der Waals surface area contributed by atoms with Crippen LogP contribution in [0.2, 0.25) is 0 Å². The molecule has 1 unspecified atom stereocenters. The van der Waals surface area contributed by atoms with Crippen LogP contribution in [0.3, 0.4) is 0 Å². The van der Waals surface area contributed by atoms with Gasteiger partial charge in [0.25, 0.3) is 23.1 Å². The van der Waals surface area contributed by atoms with Gasteiger partial charge >= 0.3 is 11.9 Å². The van der Waals surface area contributed by atoms with Crippen molar-refractivity contribution < 1.29 is 43.8 Å². The smallest absolute Gasteiger partial charge is 0.326 e. The Bertz CT molecular complexity index is 994. The molecule has 1 heterocycles. The molecule has 1 aliphatic heterocycles. The molecule has 14 heteroatoms. The van der Waals surface area contributed by atoms with Crippen molar-refractivity contribution in [1.82, 2.24) is 10.6 Å². The number of aliphatic carboxylic acids is 2. The quantitative estimate of drug-likeness (QED) is 0.186. The van der Waals surface area contributed by atoms with E-state index in [1.807, 2.05) is 0 Å². The molecule has 3 atom stereocenters. The van der Waals surface area contributed by atoms with Crippen LogP contribution in [0.1, 0.15) is 26.7 Å². The number of hydrogen-bond donors (Lipinski definition) is 5. The largest absolute Gasteiger partial charge is 0.481 e. The zero-order chi connectivity index (χ0) is 24.2. The number of nitrogens with zero attached hydrogens (tertiary/aromatic N) is 1. The van der Waals surface area contributed by atoms with Crippen molar-refractivity contribution in [3.63, 3.8) is 0 Å².